The Balaban J connectivity index is 1.56. The average molecular weight is 264 g/mol. The van der Waals surface area contributed by atoms with Crippen LogP contribution in [0, 0.1) is 5.82 Å². The minimum absolute atomic E-state index is 0.175. The van der Waals surface area contributed by atoms with Crippen LogP contribution in [0.2, 0.25) is 0 Å². The summed E-state index contributed by atoms with van der Waals surface area (Å²) in [7, 11) is 0. The van der Waals surface area contributed by atoms with Crippen molar-refractivity contribution in [2.24, 2.45) is 4.99 Å². The zero-order valence-corrected chi connectivity index (χ0v) is 11.0. The van der Waals surface area contributed by atoms with Crippen molar-refractivity contribution in [1.82, 2.24) is 5.32 Å². The van der Waals surface area contributed by atoms with Crippen LogP contribution in [-0.4, -0.2) is 17.3 Å². The number of halogens is 1. The van der Waals surface area contributed by atoms with Crippen LogP contribution < -0.4 is 5.32 Å². The monoisotopic (exact) mass is 264 g/mol. The van der Waals surface area contributed by atoms with E-state index in [0.717, 1.165) is 16.5 Å². The van der Waals surface area contributed by atoms with Crippen molar-refractivity contribution in [3.8, 4) is 0 Å². The fraction of sp³-hybridized carbons (Fsp3) is 0.500. The van der Waals surface area contributed by atoms with E-state index in [4.69, 9.17) is 4.99 Å². The first-order valence-electron chi connectivity index (χ1n) is 6.53. The number of amidine groups is 1. The molecule has 1 heterocycles. The maximum Gasteiger partial charge on any atom is 0.157 e. The second kappa shape index (κ2) is 5.31. The van der Waals surface area contributed by atoms with E-state index in [1.54, 1.807) is 11.8 Å². The van der Waals surface area contributed by atoms with Crippen LogP contribution >= 0.6 is 11.8 Å². The van der Waals surface area contributed by atoms with Crippen molar-refractivity contribution in [1.29, 1.82) is 0 Å². The Kier molecular flexibility index (Phi) is 3.55. The van der Waals surface area contributed by atoms with Crippen LogP contribution in [0.25, 0.3) is 0 Å². The number of nitrogens with zero attached hydrogens (tertiary/aromatic N) is 1. The van der Waals surface area contributed by atoms with Gasteiger partial charge in [0.1, 0.15) is 5.82 Å². The molecule has 3 rings (SSSR count). The summed E-state index contributed by atoms with van der Waals surface area (Å²) >= 11 is 1.73. The van der Waals surface area contributed by atoms with Crippen molar-refractivity contribution in [2.45, 2.75) is 43.5 Å². The van der Waals surface area contributed by atoms with Crippen LogP contribution in [0.3, 0.4) is 0 Å². The van der Waals surface area contributed by atoms with Gasteiger partial charge in [0.25, 0.3) is 0 Å². The largest absolute Gasteiger partial charge is 0.360 e. The highest BCUT2D eigenvalue weighted by atomic mass is 32.2. The zero-order chi connectivity index (χ0) is 12.4. The molecule has 0 amide bonds. The number of benzene rings is 1. The van der Waals surface area contributed by atoms with Gasteiger partial charge in [-0.1, -0.05) is 36.7 Å². The van der Waals surface area contributed by atoms with Gasteiger partial charge >= 0.3 is 0 Å². The number of thioether (sulfide) groups is 1. The van der Waals surface area contributed by atoms with E-state index in [9.17, 15) is 4.39 Å². The highest BCUT2D eigenvalue weighted by Crippen LogP contribution is 2.27. The van der Waals surface area contributed by atoms with E-state index in [2.05, 4.69) is 5.32 Å². The summed E-state index contributed by atoms with van der Waals surface area (Å²) in [5, 5.41) is 4.58. The highest BCUT2D eigenvalue weighted by Gasteiger charge is 2.30. The van der Waals surface area contributed by atoms with Gasteiger partial charge in [-0.15, -0.1) is 0 Å². The summed E-state index contributed by atoms with van der Waals surface area (Å²) in [4.78, 5) is 4.74. The molecule has 1 aliphatic heterocycles. The Hall–Kier alpha value is -1.03. The summed E-state index contributed by atoms with van der Waals surface area (Å²) in [6.07, 6.45) is 5.09. The summed E-state index contributed by atoms with van der Waals surface area (Å²) in [6.45, 7) is 0. The van der Waals surface area contributed by atoms with Gasteiger partial charge in [-0.25, -0.2) is 4.39 Å². The topological polar surface area (TPSA) is 24.4 Å². The summed E-state index contributed by atoms with van der Waals surface area (Å²) in [5.74, 6) is 0.678. The van der Waals surface area contributed by atoms with Crippen molar-refractivity contribution in [3.63, 3.8) is 0 Å². The smallest absolute Gasteiger partial charge is 0.157 e. The van der Waals surface area contributed by atoms with Gasteiger partial charge < -0.3 is 5.32 Å². The molecule has 1 aromatic carbocycles. The molecular weight excluding hydrogens is 247 g/mol. The molecule has 0 bridgehead atoms. The fourth-order valence-corrected chi connectivity index (χ4v) is 3.53. The second-order valence-corrected chi connectivity index (χ2v) is 5.92. The van der Waals surface area contributed by atoms with E-state index < -0.39 is 0 Å². The van der Waals surface area contributed by atoms with E-state index in [0.29, 0.717) is 12.1 Å². The molecule has 1 saturated carbocycles. The molecule has 1 aromatic rings. The van der Waals surface area contributed by atoms with E-state index >= 15 is 0 Å². The molecule has 0 saturated heterocycles. The van der Waals surface area contributed by atoms with Gasteiger partial charge in [-0.3, -0.25) is 4.99 Å². The lowest BCUT2D eigenvalue weighted by atomic mass is 9.92. The quantitative estimate of drug-likeness (QED) is 0.886. The Morgan fingerprint density at radius 2 is 2.00 bits per heavy atom. The lowest BCUT2D eigenvalue weighted by Crippen LogP contribution is -2.36. The van der Waals surface area contributed by atoms with Crippen molar-refractivity contribution in [2.75, 3.05) is 0 Å². The summed E-state index contributed by atoms with van der Waals surface area (Å²) in [5.41, 5.74) is 1.14. The number of aliphatic imine (C=N–C) groups is 1. The molecule has 2 nitrogen and oxygen atoms in total. The number of fused-ring (bicyclic) bond motifs is 1. The first-order chi connectivity index (χ1) is 8.81. The lowest BCUT2D eigenvalue weighted by molar-refractivity contribution is 0.385. The molecule has 2 unspecified atom stereocenters. The number of hydrogen-bond acceptors (Lipinski definition) is 3. The Bertz CT molecular complexity index is 444. The van der Waals surface area contributed by atoms with Crippen molar-refractivity contribution < 1.29 is 4.39 Å². The predicted octanol–water partition coefficient (Wildman–Crippen LogP) is 3.33. The molecule has 1 N–H and O–H groups in total. The minimum Gasteiger partial charge on any atom is -0.360 e. The predicted molar refractivity (Wildman–Crippen MR) is 74.3 cm³/mol. The number of hydrogen-bond donors (Lipinski definition) is 1. The third kappa shape index (κ3) is 2.69. The van der Waals surface area contributed by atoms with Gasteiger partial charge in [0, 0.05) is 5.75 Å². The molecule has 1 fully saturated rings. The standard InChI is InChI=1S/C14H17FN2S/c15-11-7-5-10(6-8-11)9-18-14-16-12-3-1-2-4-13(12)17-14/h5-8,12-13H,1-4,9H2,(H,16,17). The SMILES string of the molecule is Fc1ccc(CSC2=NC3CCCCC3N2)cc1. The van der Waals surface area contributed by atoms with E-state index in [-0.39, 0.29) is 5.82 Å². The molecule has 2 aliphatic rings. The average Bonchev–Trinajstić information content (AvgIpc) is 2.81. The fourth-order valence-electron chi connectivity index (χ4n) is 2.59. The Morgan fingerprint density at radius 1 is 1.22 bits per heavy atom. The van der Waals surface area contributed by atoms with Crippen molar-refractivity contribution in [3.05, 3.63) is 35.6 Å². The van der Waals surface area contributed by atoms with Crippen LogP contribution in [0.4, 0.5) is 4.39 Å². The maximum atomic E-state index is 12.8. The van der Waals surface area contributed by atoms with Crippen LogP contribution in [0.1, 0.15) is 31.2 Å². The van der Waals surface area contributed by atoms with Crippen LogP contribution in [0.15, 0.2) is 29.3 Å². The first-order valence-corrected chi connectivity index (χ1v) is 7.51. The van der Waals surface area contributed by atoms with Crippen molar-refractivity contribution >= 4 is 16.9 Å². The Labute approximate surface area is 111 Å². The third-order valence-corrected chi connectivity index (χ3v) is 4.58. The normalized spacial score (nSPS) is 26.4. The maximum absolute atomic E-state index is 12.8. The molecular formula is C14H17FN2S. The molecule has 0 spiro atoms. The zero-order valence-electron chi connectivity index (χ0n) is 10.2. The molecule has 18 heavy (non-hydrogen) atoms. The van der Waals surface area contributed by atoms with Crippen LogP contribution in [-0.2, 0) is 5.75 Å². The van der Waals surface area contributed by atoms with E-state index in [1.165, 1.54) is 37.8 Å². The molecule has 96 valence electrons. The first kappa shape index (κ1) is 12.0. The summed E-state index contributed by atoms with van der Waals surface area (Å²) < 4.78 is 12.8. The van der Waals surface area contributed by atoms with Gasteiger partial charge in [0.15, 0.2) is 5.17 Å². The van der Waals surface area contributed by atoms with Gasteiger partial charge in [-0.05, 0) is 30.5 Å². The van der Waals surface area contributed by atoms with Gasteiger partial charge in [0.05, 0.1) is 12.1 Å². The number of nitrogens with one attached hydrogen (secondary N) is 1. The van der Waals surface area contributed by atoms with E-state index in [1.807, 2.05) is 12.1 Å². The molecule has 2 atom stereocenters. The molecule has 0 aromatic heterocycles. The Morgan fingerprint density at radius 3 is 2.78 bits per heavy atom. The molecule has 1 aliphatic carbocycles. The number of rotatable bonds is 2. The lowest BCUT2D eigenvalue weighted by Gasteiger charge is -2.23. The van der Waals surface area contributed by atoms with Gasteiger partial charge in [-0.2, -0.15) is 0 Å². The minimum atomic E-state index is -0.175. The van der Waals surface area contributed by atoms with Crippen LogP contribution in [0.5, 0.6) is 0 Å². The summed E-state index contributed by atoms with van der Waals surface area (Å²) in [6, 6.07) is 7.76. The second-order valence-electron chi connectivity index (χ2n) is 4.95. The molecule has 4 heteroatoms. The molecule has 0 radical (unpaired) electrons. The van der Waals surface area contributed by atoms with Gasteiger partial charge in [0.2, 0.25) is 0 Å². The highest BCUT2D eigenvalue weighted by molar-refractivity contribution is 8.13. The third-order valence-electron chi connectivity index (χ3n) is 3.61.